The van der Waals surface area contributed by atoms with Crippen LogP contribution < -0.4 is 0 Å². The Labute approximate surface area is 107 Å². The van der Waals surface area contributed by atoms with E-state index >= 15 is 0 Å². The number of rotatable bonds is 3. The molecule has 0 aliphatic heterocycles. The normalized spacial score (nSPS) is 13.2. The minimum Gasteiger partial charge on any atom is -0.389 e. The van der Waals surface area contributed by atoms with E-state index in [9.17, 15) is 5.11 Å². The van der Waals surface area contributed by atoms with Crippen molar-refractivity contribution >= 4 is 22.5 Å². The molecule has 0 saturated heterocycles. The van der Waals surface area contributed by atoms with Gasteiger partial charge < -0.3 is 9.67 Å². The van der Waals surface area contributed by atoms with Crippen LogP contribution in [0, 0.1) is 6.92 Å². The fourth-order valence-corrected chi connectivity index (χ4v) is 2.85. The number of aliphatic hydroxyl groups excluding tert-OH is 1. The molecule has 1 heterocycles. The Balaban J connectivity index is 2.83. The molecule has 1 aromatic heterocycles. The molecular formula is C14H18ClNO. The Bertz CT molecular complexity index is 543. The molecule has 17 heavy (non-hydrogen) atoms. The highest BCUT2D eigenvalue weighted by molar-refractivity contribution is 6.32. The Kier molecular flexibility index (Phi) is 3.45. The molecule has 0 spiro atoms. The SMILES string of the molecule is CCCn1c(Cl)c(C(C)O)c2cccc(C)c21. The summed E-state index contributed by atoms with van der Waals surface area (Å²) in [6, 6.07) is 6.12. The predicted octanol–water partition coefficient (Wildman–Crippen LogP) is 4.07. The first-order chi connectivity index (χ1) is 8.07. The summed E-state index contributed by atoms with van der Waals surface area (Å²) in [5.74, 6) is 0. The molecule has 0 saturated carbocycles. The second-order valence-electron chi connectivity index (χ2n) is 4.50. The fraction of sp³-hybridized carbons (Fsp3) is 0.429. The van der Waals surface area contributed by atoms with Crippen LogP contribution in [0.15, 0.2) is 18.2 Å². The van der Waals surface area contributed by atoms with Crippen molar-refractivity contribution in [3.8, 4) is 0 Å². The molecule has 1 unspecified atom stereocenters. The molecule has 3 heteroatoms. The zero-order valence-electron chi connectivity index (χ0n) is 10.5. The molecule has 0 amide bonds. The summed E-state index contributed by atoms with van der Waals surface area (Å²) in [6.45, 7) is 6.85. The van der Waals surface area contributed by atoms with E-state index in [2.05, 4.69) is 24.5 Å². The number of hydrogen-bond donors (Lipinski definition) is 1. The van der Waals surface area contributed by atoms with E-state index in [4.69, 9.17) is 11.6 Å². The number of hydrogen-bond acceptors (Lipinski definition) is 1. The smallest absolute Gasteiger partial charge is 0.115 e. The van der Waals surface area contributed by atoms with Crippen molar-refractivity contribution in [1.82, 2.24) is 4.57 Å². The number of halogens is 1. The molecule has 2 nitrogen and oxygen atoms in total. The van der Waals surface area contributed by atoms with Crippen LogP contribution in [-0.4, -0.2) is 9.67 Å². The van der Waals surface area contributed by atoms with Gasteiger partial charge in [-0.05, 0) is 25.8 Å². The quantitative estimate of drug-likeness (QED) is 0.874. The van der Waals surface area contributed by atoms with Gasteiger partial charge in [-0.25, -0.2) is 0 Å². The first-order valence-electron chi connectivity index (χ1n) is 6.03. The van der Waals surface area contributed by atoms with Gasteiger partial charge >= 0.3 is 0 Å². The molecular weight excluding hydrogens is 234 g/mol. The van der Waals surface area contributed by atoms with Crippen LogP contribution in [-0.2, 0) is 6.54 Å². The molecule has 1 N–H and O–H groups in total. The van der Waals surface area contributed by atoms with Gasteiger partial charge in [0.1, 0.15) is 5.15 Å². The summed E-state index contributed by atoms with van der Waals surface area (Å²) in [7, 11) is 0. The zero-order chi connectivity index (χ0) is 12.6. The molecule has 2 rings (SSSR count). The number of benzene rings is 1. The van der Waals surface area contributed by atoms with Crippen LogP contribution >= 0.6 is 11.6 Å². The summed E-state index contributed by atoms with van der Waals surface area (Å²) >= 11 is 6.40. The van der Waals surface area contributed by atoms with Crippen molar-refractivity contribution in [2.45, 2.75) is 39.8 Å². The van der Waals surface area contributed by atoms with Gasteiger partial charge in [0, 0.05) is 17.5 Å². The van der Waals surface area contributed by atoms with Crippen molar-refractivity contribution < 1.29 is 5.11 Å². The van der Waals surface area contributed by atoms with E-state index in [1.165, 1.54) is 5.56 Å². The van der Waals surface area contributed by atoms with E-state index in [1.807, 2.05) is 12.1 Å². The molecule has 0 bridgehead atoms. The third-order valence-electron chi connectivity index (χ3n) is 3.12. The largest absolute Gasteiger partial charge is 0.389 e. The highest BCUT2D eigenvalue weighted by Gasteiger charge is 2.19. The van der Waals surface area contributed by atoms with Gasteiger partial charge in [0.15, 0.2) is 0 Å². The third-order valence-corrected chi connectivity index (χ3v) is 3.53. The van der Waals surface area contributed by atoms with Crippen LogP contribution in [0.1, 0.15) is 37.5 Å². The number of para-hydroxylation sites is 1. The lowest BCUT2D eigenvalue weighted by atomic mass is 10.1. The molecule has 0 aliphatic carbocycles. The number of fused-ring (bicyclic) bond motifs is 1. The first-order valence-corrected chi connectivity index (χ1v) is 6.41. The summed E-state index contributed by atoms with van der Waals surface area (Å²) in [6.07, 6.45) is 0.488. The second kappa shape index (κ2) is 4.71. The Morgan fingerprint density at radius 1 is 1.41 bits per heavy atom. The average molecular weight is 252 g/mol. The highest BCUT2D eigenvalue weighted by atomic mass is 35.5. The molecule has 92 valence electrons. The van der Waals surface area contributed by atoms with Gasteiger partial charge in [-0.2, -0.15) is 0 Å². The van der Waals surface area contributed by atoms with Crippen molar-refractivity contribution in [3.63, 3.8) is 0 Å². The first kappa shape index (κ1) is 12.5. The number of aryl methyl sites for hydroxylation is 2. The van der Waals surface area contributed by atoms with Crippen molar-refractivity contribution in [1.29, 1.82) is 0 Å². The van der Waals surface area contributed by atoms with Crippen LogP contribution in [0.25, 0.3) is 10.9 Å². The van der Waals surface area contributed by atoms with Gasteiger partial charge in [-0.1, -0.05) is 36.7 Å². The molecule has 0 fully saturated rings. The minimum atomic E-state index is -0.537. The molecule has 1 atom stereocenters. The van der Waals surface area contributed by atoms with Gasteiger partial charge in [0.25, 0.3) is 0 Å². The van der Waals surface area contributed by atoms with Crippen molar-refractivity contribution in [2.75, 3.05) is 0 Å². The Morgan fingerprint density at radius 3 is 2.71 bits per heavy atom. The predicted molar refractivity (Wildman–Crippen MR) is 72.6 cm³/mol. The number of aliphatic hydroxyl groups is 1. The van der Waals surface area contributed by atoms with Gasteiger partial charge in [-0.3, -0.25) is 0 Å². The number of nitrogens with zero attached hydrogens (tertiary/aromatic N) is 1. The van der Waals surface area contributed by atoms with E-state index in [1.54, 1.807) is 6.92 Å². The molecule has 2 aromatic rings. The van der Waals surface area contributed by atoms with Gasteiger partial charge in [0.05, 0.1) is 11.6 Å². The highest BCUT2D eigenvalue weighted by Crippen LogP contribution is 2.35. The standard InChI is InChI=1S/C14H18ClNO/c1-4-8-16-13-9(2)6-5-7-11(13)12(10(3)17)14(16)15/h5-7,10,17H,4,8H2,1-3H3. The lowest BCUT2D eigenvalue weighted by Crippen LogP contribution is -1.98. The zero-order valence-corrected chi connectivity index (χ0v) is 11.3. The lowest BCUT2D eigenvalue weighted by Gasteiger charge is -2.07. The second-order valence-corrected chi connectivity index (χ2v) is 4.86. The minimum absolute atomic E-state index is 0.537. The van der Waals surface area contributed by atoms with Crippen LogP contribution in [0.2, 0.25) is 5.15 Å². The van der Waals surface area contributed by atoms with Crippen LogP contribution in [0.3, 0.4) is 0 Å². The lowest BCUT2D eigenvalue weighted by molar-refractivity contribution is 0.200. The van der Waals surface area contributed by atoms with Crippen molar-refractivity contribution in [3.05, 3.63) is 34.5 Å². The van der Waals surface area contributed by atoms with Gasteiger partial charge in [-0.15, -0.1) is 0 Å². The molecule has 0 radical (unpaired) electrons. The number of aromatic nitrogens is 1. The molecule has 0 aliphatic rings. The topological polar surface area (TPSA) is 25.2 Å². The van der Waals surface area contributed by atoms with E-state index in [-0.39, 0.29) is 0 Å². The van der Waals surface area contributed by atoms with E-state index < -0.39 is 6.10 Å². The summed E-state index contributed by atoms with van der Waals surface area (Å²) in [5, 5.41) is 11.6. The Morgan fingerprint density at radius 2 is 2.12 bits per heavy atom. The van der Waals surface area contributed by atoms with E-state index in [0.29, 0.717) is 5.15 Å². The van der Waals surface area contributed by atoms with Crippen LogP contribution in [0.4, 0.5) is 0 Å². The Hall–Kier alpha value is -0.990. The molecule has 1 aromatic carbocycles. The van der Waals surface area contributed by atoms with Crippen molar-refractivity contribution in [2.24, 2.45) is 0 Å². The maximum atomic E-state index is 9.88. The maximum Gasteiger partial charge on any atom is 0.115 e. The summed E-state index contributed by atoms with van der Waals surface area (Å²) in [5.41, 5.74) is 3.19. The van der Waals surface area contributed by atoms with Crippen LogP contribution in [0.5, 0.6) is 0 Å². The summed E-state index contributed by atoms with van der Waals surface area (Å²) < 4.78 is 2.11. The summed E-state index contributed by atoms with van der Waals surface area (Å²) in [4.78, 5) is 0. The fourth-order valence-electron chi connectivity index (χ4n) is 2.42. The third kappa shape index (κ3) is 1.96. The monoisotopic (exact) mass is 251 g/mol. The average Bonchev–Trinajstić information content (AvgIpc) is 2.54. The van der Waals surface area contributed by atoms with E-state index in [0.717, 1.165) is 29.4 Å². The van der Waals surface area contributed by atoms with Gasteiger partial charge in [0.2, 0.25) is 0 Å². The maximum absolute atomic E-state index is 9.88.